The van der Waals surface area contributed by atoms with Gasteiger partial charge < -0.3 is 0 Å². The van der Waals surface area contributed by atoms with Crippen LogP contribution in [0, 0.1) is 20.8 Å². The number of benzene rings is 4. The van der Waals surface area contributed by atoms with E-state index in [4.69, 9.17) is 17.0 Å². The molecule has 0 nitrogen and oxygen atoms in total. The molecule has 4 heteroatoms. The Morgan fingerprint density at radius 2 is 1.16 bits per heavy atom. The molecule has 45 heavy (non-hydrogen) atoms. The van der Waals surface area contributed by atoms with E-state index in [2.05, 4.69) is 165 Å². The summed E-state index contributed by atoms with van der Waals surface area (Å²) in [4.78, 5) is 0. The van der Waals surface area contributed by atoms with Crippen molar-refractivity contribution >= 4 is 48.1 Å². The van der Waals surface area contributed by atoms with Crippen molar-refractivity contribution < 1.29 is 20.8 Å². The molecule has 6 aromatic carbocycles. The monoisotopic (exact) mass is 726 g/mol. The molecule has 0 unspecified atom stereocenters. The fourth-order valence-electron chi connectivity index (χ4n) is 5.67. The van der Waals surface area contributed by atoms with Gasteiger partial charge in [-0.05, 0) is 42.4 Å². The van der Waals surface area contributed by atoms with Crippen LogP contribution in [0.5, 0.6) is 0 Å². The zero-order valence-electron chi connectivity index (χ0n) is 28.3. The summed E-state index contributed by atoms with van der Waals surface area (Å²) in [6.45, 7) is 19.8. The maximum absolute atomic E-state index is 4.93. The van der Waals surface area contributed by atoms with Gasteiger partial charge in [0.2, 0.25) is 0 Å². The maximum atomic E-state index is 4.93. The molecule has 0 amide bonds. The summed E-state index contributed by atoms with van der Waals surface area (Å²) in [7, 11) is 11.0. The first-order valence-electron chi connectivity index (χ1n) is 15.5. The van der Waals surface area contributed by atoms with Crippen molar-refractivity contribution in [1.82, 2.24) is 0 Å². The molecule has 6 aromatic rings. The molecular formula is C41H46Cl2SiZr. The fourth-order valence-corrected chi connectivity index (χ4v) is 5.67. The van der Waals surface area contributed by atoms with E-state index >= 15 is 0 Å². The van der Waals surface area contributed by atoms with Crippen LogP contribution in [0.3, 0.4) is 0 Å². The second kappa shape index (κ2) is 17.6. The van der Waals surface area contributed by atoms with E-state index in [-0.39, 0.29) is 5.41 Å². The summed E-state index contributed by atoms with van der Waals surface area (Å²) in [6, 6.07) is 38.1. The van der Waals surface area contributed by atoms with Crippen molar-refractivity contribution in [3.8, 4) is 22.3 Å². The van der Waals surface area contributed by atoms with Crippen LogP contribution in [0.1, 0.15) is 55.5 Å². The van der Waals surface area contributed by atoms with Crippen molar-refractivity contribution in [2.24, 2.45) is 0 Å². The van der Waals surface area contributed by atoms with Crippen molar-refractivity contribution in [3.05, 3.63) is 131 Å². The quantitative estimate of drug-likeness (QED) is 0.126. The molecule has 232 valence electrons. The van der Waals surface area contributed by atoms with E-state index in [0.29, 0.717) is 0 Å². The molecule has 0 saturated carbocycles. The van der Waals surface area contributed by atoms with Crippen LogP contribution in [0.2, 0.25) is 13.1 Å². The van der Waals surface area contributed by atoms with Crippen LogP contribution in [0.4, 0.5) is 0 Å². The molecule has 0 atom stereocenters. The van der Waals surface area contributed by atoms with Gasteiger partial charge >= 0.3 is 37.9 Å². The molecular weight excluding hydrogens is 683 g/mol. The van der Waals surface area contributed by atoms with Crippen LogP contribution in [-0.2, 0) is 32.7 Å². The van der Waals surface area contributed by atoms with Crippen LogP contribution in [0.25, 0.3) is 43.8 Å². The van der Waals surface area contributed by atoms with Gasteiger partial charge in [-0.3, -0.25) is 0 Å². The fraction of sp³-hybridized carbons (Fsp3) is 0.268. The summed E-state index contributed by atoms with van der Waals surface area (Å²) in [6.07, 6.45) is 1.09. The zero-order chi connectivity index (χ0) is 33.1. The summed E-state index contributed by atoms with van der Waals surface area (Å²) in [5.74, 6) is 0. The molecule has 0 saturated heterocycles. The van der Waals surface area contributed by atoms with Gasteiger partial charge in [0.25, 0.3) is 0 Å². The van der Waals surface area contributed by atoms with Crippen LogP contribution < -0.4 is 0 Å². The Morgan fingerprint density at radius 3 is 1.67 bits per heavy atom. The first-order valence-corrected chi connectivity index (χ1v) is 23.9. The third kappa shape index (κ3) is 10.4. The second-order valence-electron chi connectivity index (χ2n) is 12.6. The standard InChI is InChI=1S/C21H23.C18H17.C2H6Si.2ClH.Zr/c1-5-15-13-17-7-6-8-19(20(17)14-15)16-9-11-18(12-10-16)21(2,3)4;1-12-7-13(2)10-16(9-12)17-6-4-5-15-8-14(3)11-18(15)17;1-3-2;;;/h6-14H,5H2,1-4H3;4-11H,1-3H3;1-2H3;2*1H;/q2*-1;;;;+4/p-2. The Morgan fingerprint density at radius 1 is 0.667 bits per heavy atom. The number of fused-ring (bicyclic) bond motifs is 2. The number of hydrogen-bond donors (Lipinski definition) is 0. The van der Waals surface area contributed by atoms with E-state index < -0.39 is 20.8 Å². The summed E-state index contributed by atoms with van der Waals surface area (Å²) in [5, 5.41) is 5.42. The van der Waals surface area contributed by atoms with Crippen molar-refractivity contribution in [1.29, 1.82) is 0 Å². The Balaban J connectivity index is 0.000000211. The van der Waals surface area contributed by atoms with Gasteiger partial charge in [-0.15, -0.1) is 69.1 Å². The van der Waals surface area contributed by atoms with Crippen LogP contribution >= 0.6 is 17.0 Å². The summed E-state index contributed by atoms with van der Waals surface area (Å²) < 4.78 is 0. The molecule has 0 spiro atoms. The first-order chi connectivity index (χ1) is 21.4. The molecule has 0 aliphatic carbocycles. The summed E-state index contributed by atoms with van der Waals surface area (Å²) in [5.41, 5.74) is 12.3. The van der Waals surface area contributed by atoms with Crippen LogP contribution in [-0.4, -0.2) is 9.52 Å². The number of aryl methyl sites for hydroxylation is 4. The molecule has 0 aliphatic heterocycles. The SMILES string of the molecule is CCc1cc2c(-c3ccc(C(C)(C)C)cc3)cccc2[cH-]1.C[Si]C.Cc1cc(C)cc(-c2cccc3[cH-]c(C)cc23)c1.[Cl][Zr+2][Cl]. The average Bonchev–Trinajstić information content (AvgIpc) is 3.60. The van der Waals surface area contributed by atoms with Gasteiger partial charge in [-0.1, -0.05) is 125 Å². The van der Waals surface area contributed by atoms with Gasteiger partial charge in [0, 0.05) is 9.52 Å². The molecule has 0 fully saturated rings. The van der Waals surface area contributed by atoms with Gasteiger partial charge in [0.1, 0.15) is 0 Å². The third-order valence-electron chi connectivity index (χ3n) is 7.71. The third-order valence-corrected chi connectivity index (χ3v) is 7.71. The Bertz CT molecular complexity index is 1760. The molecule has 6 rings (SSSR count). The van der Waals surface area contributed by atoms with Crippen molar-refractivity contribution in [2.75, 3.05) is 0 Å². The molecule has 0 N–H and O–H groups in total. The number of hydrogen-bond acceptors (Lipinski definition) is 0. The minimum atomic E-state index is -0.826. The summed E-state index contributed by atoms with van der Waals surface area (Å²) >= 11 is -0.826. The van der Waals surface area contributed by atoms with E-state index in [0.717, 1.165) is 15.9 Å². The van der Waals surface area contributed by atoms with Crippen LogP contribution in [0.15, 0.2) is 103 Å². The van der Waals surface area contributed by atoms with Gasteiger partial charge in [0.15, 0.2) is 0 Å². The Kier molecular flexibility index (Phi) is 14.6. The van der Waals surface area contributed by atoms with E-state index in [1.165, 1.54) is 71.6 Å². The van der Waals surface area contributed by atoms with Gasteiger partial charge in [-0.25, -0.2) is 0 Å². The Hall–Kier alpha value is -2.22. The topological polar surface area (TPSA) is 0 Å². The normalized spacial score (nSPS) is 10.6. The molecule has 0 aliphatic rings. The zero-order valence-corrected chi connectivity index (χ0v) is 33.2. The molecule has 0 aromatic heterocycles. The van der Waals surface area contributed by atoms with E-state index in [9.17, 15) is 0 Å². The predicted molar refractivity (Wildman–Crippen MR) is 201 cm³/mol. The molecule has 0 bridgehead atoms. The number of rotatable bonds is 3. The van der Waals surface area contributed by atoms with E-state index in [1.807, 2.05) is 0 Å². The van der Waals surface area contributed by atoms with Gasteiger partial charge in [0.05, 0.1) is 0 Å². The van der Waals surface area contributed by atoms with E-state index in [1.54, 1.807) is 0 Å². The Labute approximate surface area is 293 Å². The second-order valence-corrected chi connectivity index (χ2v) is 17.4. The first kappa shape index (κ1) is 37.2. The average molecular weight is 729 g/mol. The van der Waals surface area contributed by atoms with Gasteiger partial charge in [-0.2, -0.15) is 12.1 Å². The minimum absolute atomic E-state index is 0.209. The number of halogens is 2. The predicted octanol–water partition coefficient (Wildman–Crippen LogP) is 13.4. The molecule has 0 heterocycles. The molecule has 2 radical (unpaired) electrons. The van der Waals surface area contributed by atoms with Crippen molar-refractivity contribution in [2.45, 2.75) is 73.4 Å². The van der Waals surface area contributed by atoms with Crippen molar-refractivity contribution in [3.63, 3.8) is 0 Å².